The highest BCUT2D eigenvalue weighted by atomic mass is 19.1. The molecule has 7 heteroatoms. The van der Waals surface area contributed by atoms with E-state index < -0.39 is 0 Å². The summed E-state index contributed by atoms with van der Waals surface area (Å²) in [6.07, 6.45) is 1.76. The number of nitrogens with zero attached hydrogens (tertiary/aromatic N) is 4. The number of carbonyl (C=O) groups is 1. The fourth-order valence-electron chi connectivity index (χ4n) is 3.57. The van der Waals surface area contributed by atoms with Gasteiger partial charge in [-0.05, 0) is 42.3 Å². The van der Waals surface area contributed by atoms with E-state index in [4.69, 9.17) is 4.74 Å². The number of hydrogen-bond acceptors (Lipinski definition) is 4. The molecule has 1 amide bonds. The standard InChI is InChI=1S/C23H25FN4O2/c1-18-5-2-3-8-22(18)30-17-28-10-9-21(25-28)23(29)27-13-11-26(12-14-27)16-19-6-4-7-20(24)15-19/h2-10,15H,11-14,16-17H2,1H3. The van der Waals surface area contributed by atoms with E-state index in [2.05, 4.69) is 10.00 Å². The van der Waals surface area contributed by atoms with Crippen molar-refractivity contribution in [3.63, 3.8) is 0 Å². The summed E-state index contributed by atoms with van der Waals surface area (Å²) >= 11 is 0. The molecular formula is C23H25FN4O2. The molecule has 30 heavy (non-hydrogen) atoms. The Balaban J connectivity index is 1.29. The monoisotopic (exact) mass is 408 g/mol. The maximum absolute atomic E-state index is 13.4. The highest BCUT2D eigenvalue weighted by Crippen LogP contribution is 2.17. The first-order valence-corrected chi connectivity index (χ1v) is 10.1. The van der Waals surface area contributed by atoms with E-state index in [0.29, 0.717) is 25.3 Å². The lowest BCUT2D eigenvalue weighted by Crippen LogP contribution is -2.48. The van der Waals surface area contributed by atoms with Crippen LogP contribution >= 0.6 is 0 Å². The molecule has 4 rings (SSSR count). The third-order valence-corrected chi connectivity index (χ3v) is 5.26. The first-order chi connectivity index (χ1) is 14.6. The van der Waals surface area contributed by atoms with Crippen LogP contribution in [0.25, 0.3) is 0 Å². The van der Waals surface area contributed by atoms with Crippen molar-refractivity contribution in [2.24, 2.45) is 0 Å². The molecule has 0 aliphatic carbocycles. The molecule has 1 aliphatic heterocycles. The Hall–Kier alpha value is -3.19. The largest absolute Gasteiger partial charge is 0.471 e. The quantitative estimate of drug-likeness (QED) is 0.628. The number of carbonyl (C=O) groups excluding carboxylic acids is 1. The van der Waals surface area contributed by atoms with Crippen LogP contribution in [0.5, 0.6) is 5.75 Å². The third-order valence-electron chi connectivity index (χ3n) is 5.26. The van der Waals surface area contributed by atoms with Gasteiger partial charge in [-0.1, -0.05) is 30.3 Å². The Morgan fingerprint density at radius 3 is 2.63 bits per heavy atom. The van der Waals surface area contributed by atoms with Crippen LogP contribution in [0.2, 0.25) is 0 Å². The highest BCUT2D eigenvalue weighted by molar-refractivity contribution is 5.92. The Morgan fingerprint density at radius 1 is 1.07 bits per heavy atom. The topological polar surface area (TPSA) is 50.6 Å². The fraction of sp³-hybridized carbons (Fsp3) is 0.304. The van der Waals surface area contributed by atoms with Gasteiger partial charge >= 0.3 is 0 Å². The predicted molar refractivity (Wildman–Crippen MR) is 112 cm³/mol. The molecule has 1 aliphatic rings. The third kappa shape index (κ3) is 4.86. The van der Waals surface area contributed by atoms with Crippen molar-refractivity contribution >= 4 is 5.91 Å². The van der Waals surface area contributed by atoms with Crippen LogP contribution in [-0.4, -0.2) is 51.7 Å². The summed E-state index contributed by atoms with van der Waals surface area (Å²) in [6, 6.07) is 16.2. The zero-order valence-corrected chi connectivity index (χ0v) is 17.0. The van der Waals surface area contributed by atoms with E-state index in [1.165, 1.54) is 6.07 Å². The summed E-state index contributed by atoms with van der Waals surface area (Å²) < 4.78 is 20.8. The summed E-state index contributed by atoms with van der Waals surface area (Å²) in [4.78, 5) is 16.8. The predicted octanol–water partition coefficient (Wildman–Crippen LogP) is 3.33. The number of ether oxygens (including phenoxy) is 1. The number of amides is 1. The van der Waals surface area contributed by atoms with Crippen molar-refractivity contribution in [1.29, 1.82) is 0 Å². The Bertz CT molecular complexity index is 1010. The Morgan fingerprint density at radius 2 is 1.87 bits per heavy atom. The van der Waals surface area contributed by atoms with Crippen LogP contribution in [-0.2, 0) is 13.3 Å². The van der Waals surface area contributed by atoms with Gasteiger partial charge in [-0.3, -0.25) is 9.69 Å². The SMILES string of the molecule is Cc1ccccc1OCn1ccc(C(=O)N2CCN(Cc3cccc(F)c3)CC2)n1. The van der Waals surface area contributed by atoms with Crippen molar-refractivity contribution in [1.82, 2.24) is 19.6 Å². The van der Waals surface area contributed by atoms with Crippen LogP contribution in [0.15, 0.2) is 60.8 Å². The Kier molecular flexibility index (Phi) is 6.09. The van der Waals surface area contributed by atoms with Crippen molar-refractivity contribution < 1.29 is 13.9 Å². The van der Waals surface area contributed by atoms with Gasteiger partial charge in [0.2, 0.25) is 0 Å². The Labute approximate surface area is 175 Å². The van der Waals surface area contributed by atoms with Crippen LogP contribution in [0, 0.1) is 12.7 Å². The number of piperazine rings is 1. The lowest BCUT2D eigenvalue weighted by atomic mass is 10.2. The van der Waals surface area contributed by atoms with Gasteiger partial charge in [0.25, 0.3) is 5.91 Å². The second-order valence-electron chi connectivity index (χ2n) is 7.48. The summed E-state index contributed by atoms with van der Waals surface area (Å²) in [6.45, 7) is 5.67. The molecule has 0 N–H and O–H groups in total. The number of para-hydroxylation sites is 1. The molecular weight excluding hydrogens is 383 g/mol. The molecule has 0 bridgehead atoms. The van der Waals surface area contributed by atoms with Crippen LogP contribution in [0.1, 0.15) is 21.6 Å². The first-order valence-electron chi connectivity index (χ1n) is 10.1. The van der Waals surface area contributed by atoms with Gasteiger partial charge in [0, 0.05) is 38.9 Å². The zero-order valence-electron chi connectivity index (χ0n) is 17.0. The van der Waals surface area contributed by atoms with E-state index in [9.17, 15) is 9.18 Å². The maximum Gasteiger partial charge on any atom is 0.274 e. The van der Waals surface area contributed by atoms with Gasteiger partial charge in [0.15, 0.2) is 12.4 Å². The van der Waals surface area contributed by atoms with E-state index >= 15 is 0 Å². The van der Waals surface area contributed by atoms with Crippen LogP contribution in [0.3, 0.4) is 0 Å². The van der Waals surface area contributed by atoms with Crippen molar-refractivity contribution in [2.45, 2.75) is 20.2 Å². The zero-order chi connectivity index (χ0) is 20.9. The molecule has 2 aromatic carbocycles. The summed E-state index contributed by atoms with van der Waals surface area (Å²) in [5.41, 5.74) is 2.42. The number of hydrogen-bond donors (Lipinski definition) is 0. The number of aryl methyl sites for hydroxylation is 1. The van der Waals surface area contributed by atoms with Crippen molar-refractivity contribution in [3.8, 4) is 5.75 Å². The maximum atomic E-state index is 13.4. The smallest absolute Gasteiger partial charge is 0.274 e. The second kappa shape index (κ2) is 9.09. The van der Waals surface area contributed by atoms with Crippen molar-refractivity contribution in [2.75, 3.05) is 26.2 Å². The van der Waals surface area contributed by atoms with E-state index in [-0.39, 0.29) is 18.5 Å². The van der Waals surface area contributed by atoms with Gasteiger partial charge in [0.05, 0.1) is 0 Å². The molecule has 0 atom stereocenters. The molecule has 0 saturated carbocycles. The number of halogens is 1. The average Bonchev–Trinajstić information content (AvgIpc) is 3.22. The minimum Gasteiger partial charge on any atom is -0.471 e. The normalized spacial score (nSPS) is 14.7. The molecule has 0 spiro atoms. The average molecular weight is 408 g/mol. The van der Waals surface area contributed by atoms with Gasteiger partial charge in [-0.15, -0.1) is 0 Å². The van der Waals surface area contributed by atoms with Crippen LogP contribution in [0.4, 0.5) is 4.39 Å². The molecule has 1 saturated heterocycles. The number of aromatic nitrogens is 2. The minimum atomic E-state index is -0.219. The van der Waals surface area contributed by atoms with E-state index in [0.717, 1.165) is 30.0 Å². The van der Waals surface area contributed by atoms with Gasteiger partial charge in [0.1, 0.15) is 11.6 Å². The highest BCUT2D eigenvalue weighted by Gasteiger charge is 2.23. The van der Waals surface area contributed by atoms with Crippen LogP contribution < -0.4 is 4.74 Å². The minimum absolute atomic E-state index is 0.0740. The van der Waals surface area contributed by atoms with Crippen molar-refractivity contribution in [3.05, 3.63) is 83.4 Å². The first kappa shape index (κ1) is 20.1. The lowest BCUT2D eigenvalue weighted by Gasteiger charge is -2.34. The molecule has 6 nitrogen and oxygen atoms in total. The molecule has 156 valence electrons. The molecule has 0 radical (unpaired) electrons. The van der Waals surface area contributed by atoms with E-state index in [1.54, 1.807) is 29.1 Å². The summed E-state index contributed by atoms with van der Waals surface area (Å²) in [5.74, 6) is 0.508. The molecule has 0 unspecified atom stereocenters. The number of rotatable bonds is 6. The van der Waals surface area contributed by atoms with Gasteiger partial charge in [-0.2, -0.15) is 5.10 Å². The van der Waals surface area contributed by atoms with Gasteiger partial charge in [-0.25, -0.2) is 9.07 Å². The molecule has 2 heterocycles. The van der Waals surface area contributed by atoms with Gasteiger partial charge < -0.3 is 9.64 Å². The molecule has 1 aromatic heterocycles. The molecule has 3 aromatic rings. The lowest BCUT2D eigenvalue weighted by molar-refractivity contribution is 0.0620. The summed E-state index contributed by atoms with van der Waals surface area (Å²) in [5, 5.41) is 4.37. The van der Waals surface area contributed by atoms with E-state index in [1.807, 2.05) is 42.2 Å². The fourth-order valence-corrected chi connectivity index (χ4v) is 3.57. The molecule has 1 fully saturated rings. The summed E-state index contributed by atoms with van der Waals surface area (Å²) in [7, 11) is 0. The number of benzene rings is 2. The second-order valence-corrected chi connectivity index (χ2v) is 7.48.